The number of aromatic nitrogens is 3. The van der Waals surface area contributed by atoms with Crippen LogP contribution in [0, 0.1) is 0 Å². The van der Waals surface area contributed by atoms with Crippen molar-refractivity contribution < 1.29 is 9.63 Å². The van der Waals surface area contributed by atoms with Gasteiger partial charge in [-0.3, -0.25) is 4.98 Å². The number of aliphatic hydroxyl groups is 1. The maximum Gasteiger partial charge on any atom is 0.246 e. The Kier molecular flexibility index (Phi) is 3.87. The molecule has 0 unspecified atom stereocenters. The van der Waals surface area contributed by atoms with Gasteiger partial charge in [-0.25, -0.2) is 0 Å². The molecule has 2 heterocycles. The Labute approximate surface area is 113 Å². The van der Waals surface area contributed by atoms with Crippen molar-refractivity contribution in [2.75, 3.05) is 6.61 Å². The van der Waals surface area contributed by atoms with Crippen LogP contribution in [0.3, 0.4) is 0 Å². The zero-order chi connectivity index (χ0) is 12.4. The molecule has 0 aliphatic carbocycles. The average Bonchev–Trinajstić information content (AvgIpc) is 2.77. The number of pyridine rings is 1. The summed E-state index contributed by atoms with van der Waals surface area (Å²) in [7, 11) is 0. The van der Waals surface area contributed by atoms with Crippen LogP contribution in [0.1, 0.15) is 11.9 Å². The van der Waals surface area contributed by atoms with Crippen LogP contribution in [-0.2, 0) is 0 Å². The van der Waals surface area contributed by atoms with E-state index in [1.165, 1.54) is 0 Å². The predicted molar refractivity (Wildman–Crippen MR) is 66.9 cm³/mol. The molecule has 8 heteroatoms. The Morgan fingerprint density at radius 1 is 1.47 bits per heavy atom. The molecule has 17 heavy (non-hydrogen) atoms. The second-order valence-corrected chi connectivity index (χ2v) is 5.00. The van der Waals surface area contributed by atoms with Crippen LogP contribution in [0.4, 0.5) is 0 Å². The van der Waals surface area contributed by atoms with E-state index in [9.17, 15) is 0 Å². The largest absolute Gasteiger partial charge is 0.394 e. The minimum atomic E-state index is -0.675. The predicted octanol–water partition coefficient (Wildman–Crippen LogP) is 1.65. The number of hydrogen-bond acceptors (Lipinski definition) is 6. The molecule has 0 aliphatic rings. The number of halogens is 2. The molecule has 0 bridgehead atoms. The topological polar surface area (TPSA) is 98.1 Å². The van der Waals surface area contributed by atoms with Crippen molar-refractivity contribution in [1.29, 1.82) is 0 Å². The Bertz CT molecular complexity index is 531. The van der Waals surface area contributed by atoms with Crippen LogP contribution in [0.25, 0.3) is 11.5 Å². The Morgan fingerprint density at radius 3 is 2.88 bits per heavy atom. The lowest BCUT2D eigenvalue weighted by molar-refractivity contribution is 0.237. The Morgan fingerprint density at radius 2 is 2.24 bits per heavy atom. The zero-order valence-corrected chi connectivity index (χ0v) is 11.6. The molecule has 3 N–H and O–H groups in total. The molecular formula is C9H8Br2N4O2. The third-order valence-electron chi connectivity index (χ3n) is 1.98. The third-order valence-corrected chi connectivity index (χ3v) is 3.01. The first-order chi connectivity index (χ1) is 8.11. The van der Waals surface area contributed by atoms with Gasteiger partial charge in [0.15, 0.2) is 0 Å². The second kappa shape index (κ2) is 5.21. The molecule has 0 saturated heterocycles. The highest BCUT2D eigenvalue weighted by atomic mass is 79.9. The fourth-order valence-electron chi connectivity index (χ4n) is 1.14. The highest BCUT2D eigenvalue weighted by molar-refractivity contribution is 9.11. The molecule has 0 radical (unpaired) electrons. The Hall–Kier alpha value is -0.830. The summed E-state index contributed by atoms with van der Waals surface area (Å²) >= 11 is 6.65. The summed E-state index contributed by atoms with van der Waals surface area (Å²) in [5, 5.41) is 12.6. The van der Waals surface area contributed by atoms with Gasteiger partial charge < -0.3 is 15.4 Å². The van der Waals surface area contributed by atoms with Crippen molar-refractivity contribution in [2.24, 2.45) is 5.73 Å². The molecule has 0 aliphatic heterocycles. The quantitative estimate of drug-likeness (QED) is 0.860. The van der Waals surface area contributed by atoms with Crippen molar-refractivity contribution in [3.63, 3.8) is 0 Å². The summed E-state index contributed by atoms with van der Waals surface area (Å²) in [6.45, 7) is -0.253. The van der Waals surface area contributed by atoms with Gasteiger partial charge in [0.25, 0.3) is 0 Å². The van der Waals surface area contributed by atoms with E-state index in [1.807, 2.05) is 6.07 Å². The van der Waals surface area contributed by atoms with Crippen LogP contribution in [0.15, 0.2) is 25.7 Å². The van der Waals surface area contributed by atoms with Crippen LogP contribution in [0.2, 0.25) is 0 Å². The smallest absolute Gasteiger partial charge is 0.246 e. The highest BCUT2D eigenvalue weighted by Gasteiger charge is 2.17. The van der Waals surface area contributed by atoms with Crippen LogP contribution >= 0.6 is 31.9 Å². The van der Waals surface area contributed by atoms with Crippen LogP contribution < -0.4 is 5.73 Å². The Balaban J connectivity index is 2.37. The maximum atomic E-state index is 8.88. The first-order valence-electron chi connectivity index (χ1n) is 4.63. The van der Waals surface area contributed by atoms with Gasteiger partial charge in [0, 0.05) is 15.1 Å². The molecule has 0 aromatic carbocycles. The lowest BCUT2D eigenvalue weighted by Gasteiger charge is -1.99. The molecule has 2 aromatic rings. The second-order valence-electron chi connectivity index (χ2n) is 3.23. The van der Waals surface area contributed by atoms with Gasteiger partial charge in [0.05, 0.1) is 6.61 Å². The molecule has 90 valence electrons. The fraction of sp³-hybridized carbons (Fsp3) is 0.222. The molecule has 1 atom stereocenters. The van der Waals surface area contributed by atoms with E-state index in [1.54, 1.807) is 6.20 Å². The van der Waals surface area contributed by atoms with Crippen molar-refractivity contribution in [1.82, 2.24) is 15.1 Å². The van der Waals surface area contributed by atoms with Crippen molar-refractivity contribution in [3.05, 3.63) is 27.1 Å². The standard InChI is InChI=1S/C9H8Br2N4O2/c10-4-1-5(11)7(13-2-4)8-14-9(17-15-8)6(12)3-16/h1-2,6,16H,3,12H2/t6-/m0/s1. The van der Waals surface area contributed by atoms with E-state index in [0.29, 0.717) is 11.5 Å². The maximum absolute atomic E-state index is 8.88. The summed E-state index contributed by atoms with van der Waals surface area (Å²) in [4.78, 5) is 8.24. The summed E-state index contributed by atoms with van der Waals surface area (Å²) in [6.07, 6.45) is 1.63. The first kappa shape index (κ1) is 12.6. The third kappa shape index (κ3) is 2.71. The van der Waals surface area contributed by atoms with E-state index < -0.39 is 6.04 Å². The van der Waals surface area contributed by atoms with Gasteiger partial charge in [-0.1, -0.05) is 5.16 Å². The van der Waals surface area contributed by atoms with E-state index in [2.05, 4.69) is 47.0 Å². The number of rotatable bonds is 3. The first-order valence-corrected chi connectivity index (χ1v) is 6.22. The van der Waals surface area contributed by atoms with Gasteiger partial charge >= 0.3 is 0 Å². The van der Waals surface area contributed by atoms with Crippen molar-refractivity contribution in [2.45, 2.75) is 6.04 Å². The minimum absolute atomic E-state index is 0.180. The molecule has 0 amide bonds. The SMILES string of the molecule is N[C@@H](CO)c1nc(-c2ncc(Br)cc2Br)no1. The van der Waals surface area contributed by atoms with E-state index in [4.69, 9.17) is 15.4 Å². The van der Waals surface area contributed by atoms with Crippen LogP contribution in [0.5, 0.6) is 0 Å². The van der Waals surface area contributed by atoms with Crippen molar-refractivity contribution >= 4 is 31.9 Å². The summed E-state index contributed by atoms with van der Waals surface area (Å²) in [5.41, 5.74) is 6.11. The normalized spacial score (nSPS) is 12.7. The summed E-state index contributed by atoms with van der Waals surface area (Å²) < 4.78 is 6.51. The highest BCUT2D eigenvalue weighted by Crippen LogP contribution is 2.26. The molecule has 2 rings (SSSR count). The molecule has 0 spiro atoms. The van der Waals surface area contributed by atoms with E-state index >= 15 is 0 Å². The lowest BCUT2D eigenvalue weighted by atomic mass is 10.3. The van der Waals surface area contributed by atoms with Crippen LogP contribution in [-0.4, -0.2) is 26.8 Å². The van der Waals surface area contributed by atoms with E-state index in [-0.39, 0.29) is 12.5 Å². The number of nitrogens with two attached hydrogens (primary N) is 1. The number of aliphatic hydroxyl groups excluding tert-OH is 1. The van der Waals surface area contributed by atoms with Gasteiger partial charge in [-0.05, 0) is 37.9 Å². The summed E-state index contributed by atoms with van der Waals surface area (Å²) in [5.74, 6) is 0.502. The monoisotopic (exact) mass is 362 g/mol. The minimum Gasteiger partial charge on any atom is -0.394 e. The number of hydrogen-bond donors (Lipinski definition) is 2. The summed E-state index contributed by atoms with van der Waals surface area (Å²) in [6, 6.07) is 1.15. The zero-order valence-electron chi connectivity index (χ0n) is 8.47. The average molecular weight is 364 g/mol. The van der Waals surface area contributed by atoms with Gasteiger partial charge in [0.2, 0.25) is 11.7 Å². The lowest BCUT2D eigenvalue weighted by Crippen LogP contribution is -2.14. The fourth-order valence-corrected chi connectivity index (χ4v) is 2.30. The number of nitrogens with zero attached hydrogens (tertiary/aromatic N) is 3. The molecule has 2 aromatic heterocycles. The van der Waals surface area contributed by atoms with E-state index in [0.717, 1.165) is 8.95 Å². The van der Waals surface area contributed by atoms with Gasteiger partial charge in [0.1, 0.15) is 11.7 Å². The van der Waals surface area contributed by atoms with Gasteiger partial charge in [-0.15, -0.1) is 0 Å². The molecule has 0 fully saturated rings. The molecular weight excluding hydrogens is 356 g/mol. The van der Waals surface area contributed by atoms with Crippen molar-refractivity contribution in [3.8, 4) is 11.5 Å². The molecule has 0 saturated carbocycles. The molecule has 6 nitrogen and oxygen atoms in total. The van der Waals surface area contributed by atoms with Gasteiger partial charge in [-0.2, -0.15) is 4.98 Å².